The topological polar surface area (TPSA) is 78.5 Å². The van der Waals surface area contributed by atoms with Crippen molar-refractivity contribution < 1.29 is 14.4 Å². The van der Waals surface area contributed by atoms with E-state index in [-0.39, 0.29) is 29.6 Å². The first-order valence-corrected chi connectivity index (χ1v) is 8.20. The minimum absolute atomic E-state index is 0.00568. The fraction of sp³-hybridized carbons (Fsp3) is 0.812. The Labute approximate surface area is 133 Å². The fourth-order valence-electron chi connectivity index (χ4n) is 2.68. The summed E-state index contributed by atoms with van der Waals surface area (Å²) < 4.78 is 0. The molecule has 0 radical (unpaired) electrons. The Morgan fingerprint density at radius 1 is 1.18 bits per heavy atom. The summed E-state index contributed by atoms with van der Waals surface area (Å²) in [5.74, 6) is -0.106. The Balaban J connectivity index is 2.53. The lowest BCUT2D eigenvalue weighted by atomic mass is 9.94. The van der Waals surface area contributed by atoms with Crippen molar-refractivity contribution in [3.05, 3.63) is 0 Å². The van der Waals surface area contributed by atoms with Gasteiger partial charge in [-0.15, -0.1) is 0 Å². The van der Waals surface area contributed by atoms with E-state index in [1.807, 2.05) is 20.8 Å². The Hall–Kier alpha value is -1.59. The van der Waals surface area contributed by atoms with Crippen LogP contribution in [0.1, 0.15) is 47.0 Å². The molecule has 1 unspecified atom stereocenters. The van der Waals surface area contributed by atoms with Crippen molar-refractivity contribution in [3.63, 3.8) is 0 Å². The van der Waals surface area contributed by atoms with Crippen molar-refractivity contribution in [3.8, 4) is 0 Å². The van der Waals surface area contributed by atoms with Gasteiger partial charge in [-0.25, -0.2) is 0 Å². The summed E-state index contributed by atoms with van der Waals surface area (Å²) in [6, 6.07) is -0.483. The van der Waals surface area contributed by atoms with Crippen LogP contribution in [0.25, 0.3) is 0 Å². The summed E-state index contributed by atoms with van der Waals surface area (Å²) >= 11 is 0. The van der Waals surface area contributed by atoms with E-state index in [0.29, 0.717) is 32.5 Å². The molecule has 1 aliphatic rings. The van der Waals surface area contributed by atoms with Gasteiger partial charge < -0.3 is 15.5 Å². The van der Waals surface area contributed by atoms with Crippen molar-refractivity contribution in [1.82, 2.24) is 15.5 Å². The summed E-state index contributed by atoms with van der Waals surface area (Å²) in [6.07, 6.45) is 2.30. The van der Waals surface area contributed by atoms with Crippen LogP contribution in [0.2, 0.25) is 0 Å². The lowest BCUT2D eigenvalue weighted by molar-refractivity contribution is -0.140. The van der Waals surface area contributed by atoms with Crippen molar-refractivity contribution in [2.45, 2.75) is 53.0 Å². The molecule has 0 aliphatic carbocycles. The monoisotopic (exact) mass is 311 g/mol. The molecule has 0 aromatic rings. The minimum Gasteiger partial charge on any atom is -0.356 e. The second kappa shape index (κ2) is 8.76. The van der Waals surface area contributed by atoms with Crippen molar-refractivity contribution >= 4 is 17.7 Å². The number of likely N-dealkylation sites (tertiary alicyclic amines) is 1. The molecule has 0 saturated carbocycles. The number of carbonyl (C=O) groups is 3. The van der Waals surface area contributed by atoms with Gasteiger partial charge in [0.25, 0.3) is 0 Å². The van der Waals surface area contributed by atoms with Crippen LogP contribution in [0.4, 0.5) is 0 Å². The predicted octanol–water partition coefficient (Wildman–Crippen LogP) is 0.912. The molecule has 2 N–H and O–H groups in total. The Morgan fingerprint density at radius 3 is 2.23 bits per heavy atom. The maximum atomic E-state index is 12.5. The summed E-state index contributed by atoms with van der Waals surface area (Å²) in [6.45, 7) is 9.14. The maximum absolute atomic E-state index is 12.5. The quantitative estimate of drug-likeness (QED) is 0.765. The molecule has 126 valence electrons. The van der Waals surface area contributed by atoms with Gasteiger partial charge >= 0.3 is 0 Å². The number of carbonyl (C=O) groups excluding carboxylic acids is 3. The van der Waals surface area contributed by atoms with Gasteiger partial charge in [0, 0.05) is 32.5 Å². The lowest BCUT2D eigenvalue weighted by Crippen LogP contribution is -2.53. The highest BCUT2D eigenvalue weighted by Gasteiger charge is 2.32. The van der Waals surface area contributed by atoms with Gasteiger partial charge in [-0.1, -0.05) is 20.8 Å². The highest BCUT2D eigenvalue weighted by molar-refractivity contribution is 5.87. The third-order valence-corrected chi connectivity index (χ3v) is 4.02. The molecule has 0 aromatic heterocycles. The van der Waals surface area contributed by atoms with Gasteiger partial charge in [0.2, 0.25) is 17.7 Å². The van der Waals surface area contributed by atoms with Crippen LogP contribution in [0.3, 0.4) is 0 Å². The van der Waals surface area contributed by atoms with Gasteiger partial charge in [-0.05, 0) is 25.2 Å². The van der Waals surface area contributed by atoms with Crippen molar-refractivity contribution in [2.24, 2.45) is 11.8 Å². The van der Waals surface area contributed by atoms with E-state index in [1.165, 1.54) is 6.92 Å². The third kappa shape index (κ3) is 5.31. The Kier molecular flexibility index (Phi) is 7.35. The van der Waals surface area contributed by atoms with E-state index in [0.717, 1.165) is 6.42 Å². The van der Waals surface area contributed by atoms with Crippen molar-refractivity contribution in [2.75, 3.05) is 19.6 Å². The molecule has 1 saturated heterocycles. The van der Waals surface area contributed by atoms with E-state index >= 15 is 0 Å². The van der Waals surface area contributed by atoms with Crippen LogP contribution < -0.4 is 10.6 Å². The molecule has 6 nitrogen and oxygen atoms in total. The molecule has 1 atom stereocenters. The van der Waals surface area contributed by atoms with Crippen LogP contribution in [0.5, 0.6) is 0 Å². The molecule has 6 heteroatoms. The smallest absolute Gasteiger partial charge is 0.245 e. The number of amides is 3. The molecule has 0 spiro atoms. The van der Waals surface area contributed by atoms with E-state index in [1.54, 1.807) is 4.90 Å². The number of hydrogen-bond acceptors (Lipinski definition) is 3. The molecule has 0 bridgehead atoms. The van der Waals surface area contributed by atoms with Gasteiger partial charge in [-0.3, -0.25) is 14.4 Å². The first kappa shape index (κ1) is 18.5. The predicted molar refractivity (Wildman–Crippen MR) is 85.0 cm³/mol. The summed E-state index contributed by atoms with van der Waals surface area (Å²) in [7, 11) is 0. The number of piperidine rings is 1. The Bertz CT molecular complexity index is 401. The summed E-state index contributed by atoms with van der Waals surface area (Å²) in [5, 5.41) is 5.64. The van der Waals surface area contributed by atoms with Crippen LogP contribution in [-0.4, -0.2) is 48.3 Å². The molecule has 22 heavy (non-hydrogen) atoms. The van der Waals surface area contributed by atoms with Gasteiger partial charge in [0.1, 0.15) is 6.04 Å². The first-order chi connectivity index (χ1) is 10.4. The number of rotatable bonds is 6. The number of nitrogens with one attached hydrogen (secondary N) is 2. The number of hydrogen-bond donors (Lipinski definition) is 2. The molecule has 1 aliphatic heterocycles. The van der Waals surface area contributed by atoms with Gasteiger partial charge in [-0.2, -0.15) is 0 Å². The standard InChI is InChI=1S/C16H29N3O3/c1-5-8-17-15(21)13-6-9-19(10-7-13)16(22)14(11(2)3)18-12(4)20/h11,13-14H,5-10H2,1-4H3,(H,17,21)(H,18,20). The molecule has 1 heterocycles. The summed E-state index contributed by atoms with van der Waals surface area (Å²) in [4.78, 5) is 37.5. The van der Waals surface area contributed by atoms with E-state index in [9.17, 15) is 14.4 Å². The van der Waals surface area contributed by atoms with Crippen LogP contribution in [0.15, 0.2) is 0 Å². The second-order valence-electron chi connectivity index (χ2n) is 6.31. The normalized spacial score (nSPS) is 17.2. The van der Waals surface area contributed by atoms with E-state index in [4.69, 9.17) is 0 Å². The zero-order valence-electron chi connectivity index (χ0n) is 14.1. The van der Waals surface area contributed by atoms with E-state index in [2.05, 4.69) is 10.6 Å². The third-order valence-electron chi connectivity index (χ3n) is 4.02. The minimum atomic E-state index is -0.483. The molecule has 1 fully saturated rings. The maximum Gasteiger partial charge on any atom is 0.245 e. The molecule has 1 rings (SSSR count). The van der Waals surface area contributed by atoms with Gasteiger partial charge in [0.05, 0.1) is 0 Å². The highest BCUT2D eigenvalue weighted by atomic mass is 16.2. The zero-order valence-corrected chi connectivity index (χ0v) is 14.1. The Morgan fingerprint density at radius 2 is 1.77 bits per heavy atom. The molecular formula is C16H29N3O3. The average molecular weight is 311 g/mol. The molecule has 0 aromatic carbocycles. The summed E-state index contributed by atoms with van der Waals surface area (Å²) in [5.41, 5.74) is 0. The fourth-order valence-corrected chi connectivity index (χ4v) is 2.68. The number of nitrogens with zero attached hydrogens (tertiary/aromatic N) is 1. The second-order valence-corrected chi connectivity index (χ2v) is 6.31. The van der Waals surface area contributed by atoms with Crippen LogP contribution in [0, 0.1) is 11.8 Å². The lowest BCUT2D eigenvalue weighted by Gasteiger charge is -2.34. The SMILES string of the molecule is CCCNC(=O)C1CCN(C(=O)C(NC(C)=O)C(C)C)CC1. The van der Waals surface area contributed by atoms with E-state index < -0.39 is 6.04 Å². The largest absolute Gasteiger partial charge is 0.356 e. The first-order valence-electron chi connectivity index (χ1n) is 8.20. The zero-order chi connectivity index (χ0) is 16.7. The van der Waals surface area contributed by atoms with Crippen molar-refractivity contribution in [1.29, 1.82) is 0 Å². The van der Waals surface area contributed by atoms with Crippen LogP contribution in [-0.2, 0) is 14.4 Å². The van der Waals surface area contributed by atoms with Crippen LogP contribution >= 0.6 is 0 Å². The van der Waals surface area contributed by atoms with Gasteiger partial charge in [0.15, 0.2) is 0 Å². The average Bonchev–Trinajstić information content (AvgIpc) is 2.49. The highest BCUT2D eigenvalue weighted by Crippen LogP contribution is 2.19. The molecule has 3 amide bonds. The molecular weight excluding hydrogens is 282 g/mol.